The zero-order valence-corrected chi connectivity index (χ0v) is 5.99. The van der Waals surface area contributed by atoms with Crippen molar-refractivity contribution in [3.63, 3.8) is 0 Å². The standard InChI is InChI=1S/C9H8N2/c10-8-4-3-7-2-1-5-11-9(7)6-8/h1-6H,10H2/q+1. The molecule has 1 aromatic carbocycles. The molecule has 1 heterocycles. The van der Waals surface area contributed by atoms with Crippen LogP contribution in [0.3, 0.4) is 0 Å². The largest absolute Gasteiger partial charge is 0.399 e. The first-order valence-corrected chi connectivity index (χ1v) is 3.46. The Labute approximate surface area is 64.4 Å². The number of nitrogen functional groups attached to an aromatic ring is 1. The smallest absolute Gasteiger partial charge is 0.286 e. The first kappa shape index (κ1) is 6.16. The zero-order chi connectivity index (χ0) is 7.68. The van der Waals surface area contributed by atoms with Crippen LogP contribution in [0.25, 0.3) is 6.08 Å². The molecule has 0 amide bonds. The first-order chi connectivity index (χ1) is 5.36. The van der Waals surface area contributed by atoms with E-state index < -0.39 is 0 Å². The van der Waals surface area contributed by atoms with Crippen molar-refractivity contribution in [3.05, 3.63) is 41.1 Å². The van der Waals surface area contributed by atoms with Crippen molar-refractivity contribution in [2.45, 2.75) is 0 Å². The molecule has 1 aliphatic rings. The van der Waals surface area contributed by atoms with Crippen molar-refractivity contribution in [3.8, 4) is 0 Å². The summed E-state index contributed by atoms with van der Waals surface area (Å²) in [6.07, 6.45) is 5.70. The van der Waals surface area contributed by atoms with E-state index in [2.05, 4.69) is 4.99 Å². The van der Waals surface area contributed by atoms with Crippen molar-refractivity contribution in [1.82, 2.24) is 4.99 Å². The number of hydrogen-bond acceptors (Lipinski definition) is 2. The number of hydrogen-bond donors (Lipinski definition) is 1. The summed E-state index contributed by atoms with van der Waals surface area (Å²) < 4.78 is 0. The summed E-state index contributed by atoms with van der Waals surface area (Å²) in [5, 5.41) is 2.08. The van der Waals surface area contributed by atoms with Gasteiger partial charge in [0, 0.05) is 17.8 Å². The Morgan fingerprint density at radius 3 is 3.09 bits per heavy atom. The van der Waals surface area contributed by atoms with Crippen LogP contribution in [0.2, 0.25) is 0 Å². The van der Waals surface area contributed by atoms with E-state index in [1.807, 2.05) is 30.4 Å². The van der Waals surface area contributed by atoms with E-state index in [1.54, 1.807) is 6.20 Å². The molecule has 1 aromatic rings. The lowest BCUT2D eigenvalue weighted by Gasteiger charge is -1.87. The van der Waals surface area contributed by atoms with E-state index in [0.717, 1.165) is 16.3 Å². The van der Waals surface area contributed by atoms with Crippen LogP contribution < -0.4 is 21.3 Å². The van der Waals surface area contributed by atoms with Gasteiger partial charge in [0.05, 0.1) is 10.2 Å². The highest BCUT2D eigenvalue weighted by Gasteiger charge is 1.99. The van der Waals surface area contributed by atoms with Crippen LogP contribution in [0.15, 0.2) is 30.5 Å². The average molecular weight is 144 g/mol. The number of allylic oxidation sites excluding steroid dienone is 1. The van der Waals surface area contributed by atoms with E-state index >= 15 is 0 Å². The van der Waals surface area contributed by atoms with Crippen LogP contribution in [-0.4, -0.2) is 0 Å². The number of anilines is 1. The van der Waals surface area contributed by atoms with Crippen molar-refractivity contribution >= 4 is 11.8 Å². The third kappa shape index (κ3) is 1.03. The van der Waals surface area contributed by atoms with Gasteiger partial charge < -0.3 is 5.73 Å². The van der Waals surface area contributed by atoms with Gasteiger partial charge in [0.15, 0.2) is 0 Å². The van der Waals surface area contributed by atoms with Crippen molar-refractivity contribution in [2.24, 2.45) is 0 Å². The highest BCUT2D eigenvalue weighted by molar-refractivity contribution is 5.43. The van der Waals surface area contributed by atoms with E-state index in [0.29, 0.717) is 0 Å². The monoisotopic (exact) mass is 144 g/mol. The minimum Gasteiger partial charge on any atom is -0.399 e. The molecule has 2 nitrogen and oxygen atoms in total. The molecule has 53 valence electrons. The van der Waals surface area contributed by atoms with E-state index in [9.17, 15) is 0 Å². The lowest BCUT2D eigenvalue weighted by molar-refractivity contribution is 1.17. The van der Waals surface area contributed by atoms with Crippen LogP contribution in [0.4, 0.5) is 5.69 Å². The lowest BCUT2D eigenvalue weighted by Crippen LogP contribution is -2.30. The maximum absolute atomic E-state index is 5.58. The number of nitrogens with two attached hydrogens (primary N) is 1. The number of benzene rings is 1. The summed E-state index contributed by atoms with van der Waals surface area (Å²) in [6.45, 7) is 0. The highest BCUT2D eigenvalue weighted by atomic mass is 14.7. The Hall–Kier alpha value is -1.57. The molecule has 2 rings (SSSR count). The molecule has 0 saturated heterocycles. The predicted octanol–water partition coefficient (Wildman–Crippen LogP) is -0.468. The zero-order valence-electron chi connectivity index (χ0n) is 5.99. The molecule has 0 aliphatic carbocycles. The highest BCUT2D eigenvalue weighted by Crippen LogP contribution is 1.90. The van der Waals surface area contributed by atoms with Gasteiger partial charge in [-0.15, -0.1) is 0 Å². The first-order valence-electron chi connectivity index (χ1n) is 3.46. The van der Waals surface area contributed by atoms with Crippen LogP contribution in [-0.2, 0) is 0 Å². The second-order valence-corrected chi connectivity index (χ2v) is 2.46. The molecular weight excluding hydrogens is 136 g/mol. The van der Waals surface area contributed by atoms with Gasteiger partial charge >= 0.3 is 0 Å². The van der Waals surface area contributed by atoms with Gasteiger partial charge in [-0.05, 0) is 18.2 Å². The molecule has 0 spiro atoms. The minimum absolute atomic E-state index is 0.760. The van der Waals surface area contributed by atoms with Gasteiger partial charge in [-0.25, -0.2) is 0 Å². The van der Waals surface area contributed by atoms with Crippen LogP contribution >= 0.6 is 0 Å². The number of rotatable bonds is 0. The number of fused-ring (bicyclic) bond motifs is 1. The fraction of sp³-hybridized carbons (Fsp3) is 0. The Morgan fingerprint density at radius 1 is 1.27 bits per heavy atom. The Kier molecular flexibility index (Phi) is 1.25. The van der Waals surface area contributed by atoms with Gasteiger partial charge in [0.2, 0.25) is 6.20 Å². The molecule has 0 bridgehead atoms. The normalized spacial score (nSPS) is 13.1. The molecule has 2 N–H and O–H groups in total. The molecule has 0 unspecified atom stereocenters. The molecular formula is C9H8N2+. The molecule has 11 heavy (non-hydrogen) atoms. The van der Waals surface area contributed by atoms with Crippen LogP contribution in [0, 0.1) is 0 Å². The maximum Gasteiger partial charge on any atom is 0.286 e. The fourth-order valence-corrected chi connectivity index (χ4v) is 1.08. The molecule has 0 fully saturated rings. The second-order valence-electron chi connectivity index (χ2n) is 2.46. The topological polar surface area (TPSA) is 40.1 Å². The summed E-state index contributed by atoms with van der Waals surface area (Å²) in [7, 11) is 0. The average Bonchev–Trinajstić information content (AvgIpc) is 2.04. The lowest BCUT2D eigenvalue weighted by atomic mass is 10.2. The summed E-state index contributed by atoms with van der Waals surface area (Å²) in [6, 6.07) is 5.72. The molecule has 1 aliphatic heterocycles. The third-order valence-electron chi connectivity index (χ3n) is 1.63. The summed E-state index contributed by atoms with van der Waals surface area (Å²) in [5.74, 6) is 0. The fourth-order valence-electron chi connectivity index (χ4n) is 1.08. The maximum atomic E-state index is 5.58. The van der Waals surface area contributed by atoms with Crippen LogP contribution in [0.5, 0.6) is 0 Å². The predicted molar refractivity (Wildman–Crippen MR) is 44.9 cm³/mol. The molecule has 2 heteroatoms. The summed E-state index contributed by atoms with van der Waals surface area (Å²) >= 11 is 0. The Morgan fingerprint density at radius 2 is 2.18 bits per heavy atom. The van der Waals surface area contributed by atoms with Crippen molar-refractivity contribution < 1.29 is 0 Å². The quantitative estimate of drug-likeness (QED) is 0.491. The second kappa shape index (κ2) is 2.23. The summed E-state index contributed by atoms with van der Waals surface area (Å²) in [5.41, 5.74) is 6.34. The van der Waals surface area contributed by atoms with Gasteiger partial charge in [-0.3, -0.25) is 0 Å². The molecule has 0 saturated carbocycles. The SMILES string of the molecule is Nc1ccc2c(c1)=[N+]C=CC=2. The van der Waals surface area contributed by atoms with Gasteiger partial charge in [0.25, 0.3) is 5.36 Å². The number of nitrogens with zero attached hydrogens (tertiary/aromatic N) is 1. The third-order valence-corrected chi connectivity index (χ3v) is 1.63. The Balaban J connectivity index is 2.86. The van der Waals surface area contributed by atoms with Gasteiger partial charge in [0.1, 0.15) is 0 Å². The van der Waals surface area contributed by atoms with Crippen LogP contribution in [0.1, 0.15) is 0 Å². The Bertz CT molecular complexity index is 416. The van der Waals surface area contributed by atoms with Gasteiger partial charge in [-0.2, -0.15) is 0 Å². The van der Waals surface area contributed by atoms with Gasteiger partial charge in [-0.1, -0.05) is 0 Å². The summed E-state index contributed by atoms with van der Waals surface area (Å²) in [4.78, 5) is 4.16. The van der Waals surface area contributed by atoms with E-state index in [-0.39, 0.29) is 0 Å². The van der Waals surface area contributed by atoms with E-state index in [1.165, 1.54) is 0 Å². The minimum atomic E-state index is 0.760. The molecule has 1 radical (unpaired) electrons. The molecule has 0 atom stereocenters. The van der Waals surface area contributed by atoms with Crippen molar-refractivity contribution in [1.29, 1.82) is 0 Å². The van der Waals surface area contributed by atoms with Crippen molar-refractivity contribution in [2.75, 3.05) is 5.73 Å². The molecule has 0 aromatic heterocycles. The van der Waals surface area contributed by atoms with E-state index in [4.69, 9.17) is 5.73 Å².